The highest BCUT2D eigenvalue weighted by Gasteiger charge is 2.29. The first kappa shape index (κ1) is 15.6. The minimum Gasteiger partial charge on any atom is -0.331 e. The average Bonchev–Trinajstić information content (AvgIpc) is 3.24. The van der Waals surface area contributed by atoms with Crippen LogP contribution in [0.1, 0.15) is 74.4 Å². The normalized spacial score (nSPS) is 19.4. The van der Waals surface area contributed by atoms with Crippen molar-refractivity contribution in [2.75, 3.05) is 0 Å². The van der Waals surface area contributed by atoms with E-state index in [0.717, 1.165) is 49.0 Å². The molecule has 5 nitrogen and oxygen atoms in total. The van der Waals surface area contributed by atoms with Crippen LogP contribution >= 0.6 is 0 Å². The highest BCUT2D eigenvalue weighted by Crippen LogP contribution is 2.30. The Bertz CT molecular complexity index is 695. The maximum atomic E-state index is 13.1. The van der Waals surface area contributed by atoms with Crippen molar-refractivity contribution in [1.29, 1.82) is 0 Å². The second-order valence-corrected chi connectivity index (χ2v) is 7.26. The van der Waals surface area contributed by atoms with Crippen molar-refractivity contribution in [2.24, 2.45) is 0 Å². The molecular weight excluding hydrogens is 300 g/mol. The van der Waals surface area contributed by atoms with Gasteiger partial charge in [0.15, 0.2) is 0 Å². The molecule has 0 N–H and O–H groups in total. The average molecular weight is 326 g/mol. The van der Waals surface area contributed by atoms with Crippen molar-refractivity contribution < 1.29 is 4.79 Å². The fraction of sp³-hybridized carbons (Fsp3) is 0.632. The topological polar surface area (TPSA) is 52.7 Å². The lowest BCUT2D eigenvalue weighted by atomic mass is 9.90. The van der Waals surface area contributed by atoms with Gasteiger partial charge in [0.25, 0.3) is 0 Å². The standard InChI is InChI=1S/C19H26N4O/c1-13(15-11-20-17-7-3-5-9-22(15)17)19(24)14(2)16-12-21-18-8-4-6-10-23(16)18/h11-14H,3-10H2,1-2H3. The number of rotatable bonds is 4. The summed E-state index contributed by atoms with van der Waals surface area (Å²) >= 11 is 0. The van der Waals surface area contributed by atoms with Crippen LogP contribution in [0.2, 0.25) is 0 Å². The molecule has 0 saturated carbocycles. The molecule has 2 aliphatic heterocycles. The summed E-state index contributed by atoms with van der Waals surface area (Å²) in [4.78, 5) is 22.2. The minimum absolute atomic E-state index is 0.117. The Morgan fingerprint density at radius 1 is 0.875 bits per heavy atom. The van der Waals surface area contributed by atoms with Crippen LogP contribution in [0.4, 0.5) is 0 Å². The molecule has 2 aromatic heterocycles. The van der Waals surface area contributed by atoms with Crippen LogP contribution in [0.25, 0.3) is 0 Å². The quantitative estimate of drug-likeness (QED) is 0.867. The molecule has 0 saturated heterocycles. The predicted molar refractivity (Wildman–Crippen MR) is 92.2 cm³/mol. The molecule has 0 fully saturated rings. The van der Waals surface area contributed by atoms with Crippen LogP contribution in [0, 0.1) is 0 Å². The molecule has 5 heteroatoms. The lowest BCUT2D eigenvalue weighted by Gasteiger charge is -2.23. The van der Waals surface area contributed by atoms with Crippen molar-refractivity contribution in [1.82, 2.24) is 19.1 Å². The van der Waals surface area contributed by atoms with Crippen molar-refractivity contribution in [2.45, 2.75) is 77.3 Å². The summed E-state index contributed by atoms with van der Waals surface area (Å²) in [7, 11) is 0. The number of aryl methyl sites for hydroxylation is 2. The molecule has 4 heterocycles. The van der Waals surface area contributed by atoms with E-state index in [4.69, 9.17) is 0 Å². The van der Waals surface area contributed by atoms with Crippen molar-refractivity contribution in [3.63, 3.8) is 0 Å². The first-order valence-corrected chi connectivity index (χ1v) is 9.29. The van der Waals surface area contributed by atoms with Crippen molar-refractivity contribution in [3.8, 4) is 0 Å². The fourth-order valence-electron chi connectivity index (χ4n) is 4.24. The molecule has 0 spiro atoms. The summed E-state index contributed by atoms with van der Waals surface area (Å²) in [6.45, 7) is 6.06. The van der Waals surface area contributed by atoms with Crippen LogP contribution in [0.15, 0.2) is 12.4 Å². The highest BCUT2D eigenvalue weighted by molar-refractivity contribution is 5.90. The van der Waals surface area contributed by atoms with E-state index in [-0.39, 0.29) is 17.6 Å². The summed E-state index contributed by atoms with van der Waals surface area (Å²) < 4.78 is 4.54. The first-order chi connectivity index (χ1) is 11.7. The summed E-state index contributed by atoms with van der Waals surface area (Å²) in [5.41, 5.74) is 2.17. The second kappa shape index (κ2) is 6.19. The number of aromatic nitrogens is 4. The molecule has 2 aliphatic rings. The van der Waals surface area contributed by atoms with Gasteiger partial charge in [-0.25, -0.2) is 9.97 Å². The molecular formula is C19H26N4O. The van der Waals surface area contributed by atoms with Gasteiger partial charge in [0.1, 0.15) is 17.4 Å². The largest absolute Gasteiger partial charge is 0.331 e. The third-order valence-electron chi connectivity index (χ3n) is 5.74. The van der Waals surface area contributed by atoms with Gasteiger partial charge in [0.2, 0.25) is 0 Å². The summed E-state index contributed by atoms with van der Waals surface area (Å²) in [5.74, 6) is 2.33. The zero-order valence-corrected chi connectivity index (χ0v) is 14.7. The molecule has 0 radical (unpaired) electrons. The van der Waals surface area contributed by atoms with E-state index in [2.05, 4.69) is 19.1 Å². The summed E-state index contributed by atoms with van der Waals surface area (Å²) in [6, 6.07) is 0. The molecule has 4 rings (SSSR count). The van der Waals surface area contributed by atoms with Gasteiger partial charge in [-0.15, -0.1) is 0 Å². The Hall–Kier alpha value is -1.91. The van der Waals surface area contributed by atoms with E-state index in [1.54, 1.807) is 0 Å². The number of fused-ring (bicyclic) bond motifs is 2. The number of carbonyl (C=O) groups is 1. The molecule has 128 valence electrons. The molecule has 2 unspecified atom stereocenters. The van der Waals surface area contributed by atoms with Gasteiger partial charge in [-0.1, -0.05) is 0 Å². The Balaban J connectivity index is 1.59. The number of carbonyl (C=O) groups excluding carboxylic acids is 1. The SMILES string of the molecule is CC(C(=O)C(C)c1cnc2n1CCCC2)c1cnc2n1CCCC2. The van der Waals surface area contributed by atoms with E-state index in [0.29, 0.717) is 0 Å². The lowest BCUT2D eigenvalue weighted by molar-refractivity contribution is -0.121. The Kier molecular flexibility index (Phi) is 4.02. The highest BCUT2D eigenvalue weighted by atomic mass is 16.1. The van der Waals surface area contributed by atoms with E-state index in [1.165, 1.54) is 25.7 Å². The van der Waals surface area contributed by atoms with E-state index in [1.807, 2.05) is 26.2 Å². The maximum Gasteiger partial charge on any atom is 0.150 e. The molecule has 0 aliphatic carbocycles. The van der Waals surface area contributed by atoms with E-state index < -0.39 is 0 Å². The van der Waals surface area contributed by atoms with Crippen molar-refractivity contribution >= 4 is 5.78 Å². The first-order valence-electron chi connectivity index (χ1n) is 9.29. The predicted octanol–water partition coefficient (Wildman–Crippen LogP) is 3.23. The van der Waals surface area contributed by atoms with E-state index in [9.17, 15) is 4.79 Å². The summed E-state index contributed by atoms with van der Waals surface area (Å²) in [6.07, 6.45) is 10.7. The number of hydrogen-bond acceptors (Lipinski definition) is 3. The third-order valence-corrected chi connectivity index (χ3v) is 5.74. The molecule has 2 aromatic rings. The van der Waals surface area contributed by atoms with Gasteiger partial charge in [-0.3, -0.25) is 4.79 Å². The number of ketones is 1. The molecule has 0 aromatic carbocycles. The number of nitrogens with zero attached hydrogens (tertiary/aromatic N) is 4. The Morgan fingerprint density at radius 3 is 1.79 bits per heavy atom. The monoisotopic (exact) mass is 326 g/mol. The van der Waals surface area contributed by atoms with Gasteiger partial charge in [-0.05, 0) is 39.5 Å². The minimum atomic E-state index is -0.117. The van der Waals surface area contributed by atoms with Gasteiger partial charge < -0.3 is 9.13 Å². The zero-order chi connectivity index (χ0) is 16.7. The van der Waals surface area contributed by atoms with Crippen LogP contribution in [0.5, 0.6) is 0 Å². The molecule has 0 bridgehead atoms. The van der Waals surface area contributed by atoms with Gasteiger partial charge >= 0.3 is 0 Å². The van der Waals surface area contributed by atoms with Gasteiger partial charge in [0.05, 0.1) is 11.8 Å². The van der Waals surface area contributed by atoms with Crippen LogP contribution < -0.4 is 0 Å². The molecule has 2 atom stereocenters. The fourth-order valence-corrected chi connectivity index (χ4v) is 4.24. The van der Waals surface area contributed by atoms with Crippen LogP contribution in [0.3, 0.4) is 0 Å². The Morgan fingerprint density at radius 2 is 1.33 bits per heavy atom. The molecule has 24 heavy (non-hydrogen) atoms. The number of Topliss-reactive ketones (excluding diaryl/α,β-unsaturated/α-hetero) is 1. The van der Waals surface area contributed by atoms with Crippen molar-refractivity contribution in [3.05, 3.63) is 35.4 Å². The van der Waals surface area contributed by atoms with Crippen LogP contribution in [-0.2, 0) is 30.7 Å². The van der Waals surface area contributed by atoms with Gasteiger partial charge in [-0.2, -0.15) is 0 Å². The molecule has 0 amide bonds. The number of hydrogen-bond donors (Lipinski definition) is 0. The second-order valence-electron chi connectivity index (χ2n) is 7.26. The summed E-state index contributed by atoms with van der Waals surface area (Å²) in [5, 5.41) is 0. The number of imidazole rings is 2. The van der Waals surface area contributed by atoms with Gasteiger partial charge in [0, 0.05) is 49.7 Å². The lowest BCUT2D eigenvalue weighted by Crippen LogP contribution is -2.23. The third kappa shape index (κ3) is 2.50. The zero-order valence-electron chi connectivity index (χ0n) is 14.7. The smallest absolute Gasteiger partial charge is 0.150 e. The van der Waals surface area contributed by atoms with E-state index >= 15 is 0 Å². The van der Waals surface area contributed by atoms with Crippen LogP contribution in [-0.4, -0.2) is 24.9 Å². The maximum absolute atomic E-state index is 13.1. The Labute approximate surface area is 143 Å².